The van der Waals surface area contributed by atoms with Crippen molar-refractivity contribution in [2.45, 2.75) is 46.2 Å². The van der Waals surface area contributed by atoms with E-state index in [2.05, 4.69) is 25.8 Å². The van der Waals surface area contributed by atoms with Gasteiger partial charge in [0.15, 0.2) is 0 Å². The molecule has 2 atom stereocenters. The normalized spacial score (nSPS) is 31.8. The van der Waals surface area contributed by atoms with Crippen molar-refractivity contribution in [2.75, 3.05) is 26.7 Å². The van der Waals surface area contributed by atoms with E-state index in [-0.39, 0.29) is 16.1 Å². The van der Waals surface area contributed by atoms with Crippen molar-refractivity contribution in [1.82, 2.24) is 4.90 Å². The molecule has 4 nitrogen and oxygen atoms in total. The second kappa shape index (κ2) is 4.58. The number of likely N-dealkylation sites (N-methyl/N-ethyl adjacent to an activating group) is 1. The average Bonchev–Trinajstić information content (AvgIpc) is 2.14. The van der Waals surface area contributed by atoms with Crippen LogP contribution in [0.3, 0.4) is 0 Å². The van der Waals surface area contributed by atoms with E-state index in [1.54, 1.807) is 0 Å². The number of piperazine rings is 1. The lowest BCUT2D eigenvalue weighted by molar-refractivity contribution is -0.948. The lowest BCUT2D eigenvalue weighted by Gasteiger charge is -2.57. The van der Waals surface area contributed by atoms with Crippen LogP contribution in [0.4, 0.5) is 4.79 Å². The summed E-state index contributed by atoms with van der Waals surface area (Å²) in [5.41, 5.74) is -0.324. The van der Waals surface area contributed by atoms with Gasteiger partial charge in [0, 0.05) is 12.5 Å². The van der Waals surface area contributed by atoms with Crippen LogP contribution in [0.15, 0.2) is 0 Å². The Bertz CT molecular complexity index is 296. The van der Waals surface area contributed by atoms with Crippen molar-refractivity contribution in [3.05, 3.63) is 0 Å². The van der Waals surface area contributed by atoms with Gasteiger partial charge in [0.1, 0.15) is 6.04 Å². The van der Waals surface area contributed by atoms with Crippen molar-refractivity contribution in [3.8, 4) is 0 Å². The fraction of sp³-hybridized carbons (Fsp3) is 0.923. The van der Waals surface area contributed by atoms with Crippen LogP contribution in [0, 0.1) is 5.92 Å². The topological polar surface area (TPSA) is 43.4 Å². The van der Waals surface area contributed by atoms with Crippen LogP contribution in [0.25, 0.3) is 0 Å². The summed E-state index contributed by atoms with van der Waals surface area (Å²) in [6.07, 6.45) is -0.927. The molecule has 0 saturated carbocycles. The van der Waals surface area contributed by atoms with E-state index < -0.39 is 6.09 Å². The Hall–Kier alpha value is -0.610. The minimum Gasteiger partial charge on any atom is -0.498 e. The lowest BCUT2D eigenvalue weighted by Crippen LogP contribution is -2.78. The van der Waals surface area contributed by atoms with Gasteiger partial charge in [-0.05, 0) is 27.8 Å². The van der Waals surface area contributed by atoms with Crippen LogP contribution in [-0.4, -0.2) is 53.7 Å². The van der Waals surface area contributed by atoms with E-state index in [1.165, 1.54) is 0 Å². The first-order valence-electron chi connectivity index (χ1n) is 6.41. The minimum atomic E-state index is -0.927. The zero-order valence-electron chi connectivity index (χ0n) is 12.0. The van der Waals surface area contributed by atoms with Gasteiger partial charge in [0.05, 0.1) is 18.6 Å². The number of carboxylic acid groups (broad SMARTS) is 1. The van der Waals surface area contributed by atoms with E-state index in [0.717, 1.165) is 13.1 Å². The molecule has 1 aliphatic rings. The molecule has 1 unspecified atom stereocenters. The summed E-state index contributed by atoms with van der Waals surface area (Å²) in [7, 11) is 2.06. The Kier molecular flexibility index (Phi) is 3.89. The summed E-state index contributed by atoms with van der Waals surface area (Å²) >= 11 is 0. The summed E-state index contributed by atoms with van der Waals surface area (Å²) in [5.74, 6) is 0.329. The first-order chi connectivity index (χ1) is 7.63. The third kappa shape index (κ3) is 2.33. The number of quaternary nitrogens is 1. The molecular formula is C13H26N2O2. The maximum atomic E-state index is 11.8. The van der Waals surface area contributed by atoms with Gasteiger partial charge in [-0.3, -0.25) is 9.38 Å². The molecule has 100 valence electrons. The molecule has 0 aliphatic carbocycles. The molecule has 1 rings (SSSR count). The highest BCUT2D eigenvalue weighted by atomic mass is 16.4. The number of nitrogens with zero attached hydrogens (tertiary/aromatic N) is 2. The Morgan fingerprint density at radius 2 is 1.94 bits per heavy atom. The molecule has 17 heavy (non-hydrogen) atoms. The molecule has 1 heterocycles. The number of hydrogen-bond acceptors (Lipinski definition) is 3. The first kappa shape index (κ1) is 14.5. The van der Waals surface area contributed by atoms with Crippen molar-refractivity contribution in [3.63, 3.8) is 0 Å². The SMILES string of the molecule is CC(C)[C@H]1CN(C)CC[N+]1(C(=O)[O-])C(C)(C)C. The number of carbonyl (C=O) groups is 1. The second-order valence-electron chi connectivity index (χ2n) is 6.60. The third-order valence-corrected chi connectivity index (χ3v) is 4.19. The maximum Gasteiger partial charge on any atom is 0.258 e. The van der Waals surface area contributed by atoms with Gasteiger partial charge in [-0.1, -0.05) is 13.8 Å². The van der Waals surface area contributed by atoms with Crippen molar-refractivity contribution in [1.29, 1.82) is 0 Å². The number of amides is 1. The minimum absolute atomic E-state index is 0.0784. The highest BCUT2D eigenvalue weighted by Gasteiger charge is 2.52. The van der Waals surface area contributed by atoms with Crippen LogP contribution in [0.2, 0.25) is 0 Å². The summed E-state index contributed by atoms with van der Waals surface area (Å²) < 4.78 is 0.0784. The Labute approximate surface area is 105 Å². The summed E-state index contributed by atoms with van der Waals surface area (Å²) in [4.78, 5) is 14.0. The number of carbonyl (C=O) groups excluding carboxylic acids is 1. The Morgan fingerprint density at radius 3 is 2.29 bits per heavy atom. The van der Waals surface area contributed by atoms with Crippen LogP contribution in [0.1, 0.15) is 34.6 Å². The first-order valence-corrected chi connectivity index (χ1v) is 6.41. The van der Waals surface area contributed by atoms with Crippen LogP contribution < -0.4 is 5.11 Å². The quantitative estimate of drug-likeness (QED) is 0.642. The Morgan fingerprint density at radius 1 is 1.41 bits per heavy atom. The molecule has 1 saturated heterocycles. The molecule has 1 amide bonds. The van der Waals surface area contributed by atoms with E-state index in [4.69, 9.17) is 0 Å². The molecule has 4 heteroatoms. The predicted molar refractivity (Wildman–Crippen MR) is 66.4 cm³/mol. The van der Waals surface area contributed by atoms with Gasteiger partial charge in [0.2, 0.25) is 0 Å². The fourth-order valence-electron chi connectivity index (χ4n) is 3.10. The van der Waals surface area contributed by atoms with Gasteiger partial charge in [-0.25, -0.2) is 0 Å². The fourth-order valence-corrected chi connectivity index (χ4v) is 3.10. The molecule has 0 bridgehead atoms. The molecule has 0 aromatic heterocycles. The summed E-state index contributed by atoms with van der Waals surface area (Å²) in [6.45, 7) is 12.5. The molecule has 0 aromatic carbocycles. The van der Waals surface area contributed by atoms with E-state index in [1.807, 2.05) is 20.8 Å². The lowest BCUT2D eigenvalue weighted by atomic mass is 9.89. The summed E-state index contributed by atoms with van der Waals surface area (Å²) in [6, 6.07) is 0.0961. The highest BCUT2D eigenvalue weighted by molar-refractivity contribution is 5.55. The van der Waals surface area contributed by atoms with Gasteiger partial charge in [-0.2, -0.15) is 0 Å². The zero-order valence-corrected chi connectivity index (χ0v) is 12.0. The number of rotatable bonds is 1. The molecule has 0 N–H and O–H groups in total. The largest absolute Gasteiger partial charge is 0.498 e. The van der Waals surface area contributed by atoms with Gasteiger partial charge < -0.3 is 9.90 Å². The van der Waals surface area contributed by atoms with Gasteiger partial charge >= 0.3 is 0 Å². The molecule has 0 aromatic rings. The van der Waals surface area contributed by atoms with Crippen molar-refractivity contribution >= 4 is 6.09 Å². The molecular weight excluding hydrogens is 216 g/mol. The van der Waals surface area contributed by atoms with Crippen molar-refractivity contribution < 1.29 is 14.4 Å². The monoisotopic (exact) mass is 242 g/mol. The van der Waals surface area contributed by atoms with E-state index >= 15 is 0 Å². The third-order valence-electron chi connectivity index (χ3n) is 4.19. The standard InChI is InChI=1S/C13H26N2O2/c1-10(2)11-9-14(6)7-8-15(11,12(16)17)13(3,4)5/h10-11H,7-9H2,1-6H3/t11-,15?/m1/s1. The number of hydrogen-bond donors (Lipinski definition) is 0. The molecule has 0 radical (unpaired) electrons. The van der Waals surface area contributed by atoms with E-state index in [0.29, 0.717) is 12.5 Å². The van der Waals surface area contributed by atoms with Crippen LogP contribution in [-0.2, 0) is 0 Å². The highest BCUT2D eigenvalue weighted by Crippen LogP contribution is 2.34. The molecule has 1 fully saturated rings. The zero-order chi connectivity index (χ0) is 13.4. The smallest absolute Gasteiger partial charge is 0.258 e. The predicted octanol–water partition coefficient (Wildman–Crippen LogP) is 0.915. The summed E-state index contributed by atoms with van der Waals surface area (Å²) in [5, 5.41) is 11.8. The average molecular weight is 242 g/mol. The van der Waals surface area contributed by atoms with E-state index in [9.17, 15) is 9.90 Å². The van der Waals surface area contributed by atoms with Gasteiger partial charge in [-0.15, -0.1) is 0 Å². The molecule has 0 spiro atoms. The van der Waals surface area contributed by atoms with Crippen molar-refractivity contribution in [2.24, 2.45) is 5.92 Å². The maximum absolute atomic E-state index is 11.8. The Balaban J connectivity index is 3.22. The second-order valence-corrected chi connectivity index (χ2v) is 6.60. The van der Waals surface area contributed by atoms with Crippen LogP contribution in [0.5, 0.6) is 0 Å². The molecule has 1 aliphatic heterocycles. The van der Waals surface area contributed by atoms with Gasteiger partial charge in [0.25, 0.3) is 6.09 Å². The van der Waals surface area contributed by atoms with Crippen LogP contribution >= 0.6 is 0 Å².